The zero-order chi connectivity index (χ0) is 19.0. The molecule has 2 aromatic carbocycles. The number of fused-ring (bicyclic) bond motifs is 1. The van der Waals surface area contributed by atoms with Gasteiger partial charge in [-0.15, -0.1) is 0 Å². The number of ether oxygens (including phenoxy) is 2. The fourth-order valence-electron chi connectivity index (χ4n) is 3.26. The van der Waals surface area contributed by atoms with E-state index in [2.05, 4.69) is 4.90 Å². The van der Waals surface area contributed by atoms with Gasteiger partial charge in [0.25, 0.3) is 5.91 Å². The summed E-state index contributed by atoms with van der Waals surface area (Å²) in [6, 6.07) is 7.54. The number of nitrogens with zero attached hydrogens (tertiary/aromatic N) is 2. The predicted molar refractivity (Wildman–Crippen MR) is 95.1 cm³/mol. The predicted octanol–water partition coefficient (Wildman–Crippen LogP) is 3.30. The van der Waals surface area contributed by atoms with Crippen LogP contribution in [0.2, 0.25) is 5.02 Å². The standard InChI is InChI=1S/C19H17ClF2N2O3/c20-14-9-16(22)15(21)8-13(14)19(25)24-5-3-23(4-6-24)10-12-1-2-17-18(7-12)27-11-26-17/h1-2,7-9H,3-6,10-11H2. The summed E-state index contributed by atoms with van der Waals surface area (Å²) in [6.07, 6.45) is 0. The van der Waals surface area contributed by atoms with Crippen molar-refractivity contribution in [3.63, 3.8) is 0 Å². The molecule has 8 heteroatoms. The Balaban J connectivity index is 1.37. The normalized spacial score (nSPS) is 16.6. The Morgan fingerprint density at radius 1 is 1.00 bits per heavy atom. The molecule has 1 fully saturated rings. The molecule has 0 bridgehead atoms. The minimum absolute atomic E-state index is 0.0141. The molecule has 4 rings (SSSR count). The fourth-order valence-corrected chi connectivity index (χ4v) is 3.49. The molecule has 0 aromatic heterocycles. The molecule has 2 aliphatic heterocycles. The van der Waals surface area contributed by atoms with Crippen LogP contribution in [0, 0.1) is 11.6 Å². The van der Waals surface area contributed by atoms with Gasteiger partial charge in [-0.2, -0.15) is 0 Å². The first kappa shape index (κ1) is 18.0. The van der Waals surface area contributed by atoms with Crippen LogP contribution in [0.15, 0.2) is 30.3 Å². The van der Waals surface area contributed by atoms with Crippen molar-refractivity contribution in [2.75, 3.05) is 33.0 Å². The van der Waals surface area contributed by atoms with Gasteiger partial charge in [0.05, 0.1) is 10.6 Å². The highest BCUT2D eigenvalue weighted by atomic mass is 35.5. The van der Waals surface area contributed by atoms with E-state index in [0.29, 0.717) is 26.2 Å². The second kappa shape index (κ2) is 7.32. The first-order chi connectivity index (χ1) is 13.0. The van der Waals surface area contributed by atoms with Gasteiger partial charge in [0.2, 0.25) is 6.79 Å². The van der Waals surface area contributed by atoms with Gasteiger partial charge in [0, 0.05) is 32.7 Å². The number of carbonyl (C=O) groups excluding carboxylic acids is 1. The SMILES string of the molecule is O=C(c1cc(F)c(F)cc1Cl)N1CCN(Cc2ccc3c(c2)OCO3)CC1. The molecule has 0 N–H and O–H groups in total. The molecular weight excluding hydrogens is 378 g/mol. The number of piperazine rings is 1. The summed E-state index contributed by atoms with van der Waals surface area (Å²) in [6.45, 7) is 3.27. The van der Waals surface area contributed by atoms with E-state index in [1.807, 2.05) is 18.2 Å². The van der Waals surface area contributed by atoms with Crippen LogP contribution in [0.3, 0.4) is 0 Å². The lowest BCUT2D eigenvalue weighted by atomic mass is 10.1. The monoisotopic (exact) mass is 394 g/mol. The Bertz CT molecular complexity index is 885. The molecule has 2 aromatic rings. The van der Waals surface area contributed by atoms with E-state index in [1.54, 1.807) is 4.90 Å². The number of carbonyl (C=O) groups is 1. The second-order valence-electron chi connectivity index (χ2n) is 6.50. The lowest BCUT2D eigenvalue weighted by molar-refractivity contribution is 0.0628. The van der Waals surface area contributed by atoms with Crippen molar-refractivity contribution >= 4 is 17.5 Å². The van der Waals surface area contributed by atoms with Gasteiger partial charge < -0.3 is 14.4 Å². The molecule has 0 saturated carbocycles. The Kier molecular flexibility index (Phi) is 4.88. The molecule has 1 amide bonds. The average molecular weight is 395 g/mol. The van der Waals surface area contributed by atoms with Crippen LogP contribution in [0.25, 0.3) is 0 Å². The third-order valence-corrected chi connectivity index (χ3v) is 5.06. The number of hydrogen-bond acceptors (Lipinski definition) is 4. The maximum atomic E-state index is 13.5. The highest BCUT2D eigenvalue weighted by Gasteiger charge is 2.25. The van der Waals surface area contributed by atoms with Crippen molar-refractivity contribution in [2.45, 2.75) is 6.54 Å². The van der Waals surface area contributed by atoms with Crippen LogP contribution in [0.1, 0.15) is 15.9 Å². The van der Waals surface area contributed by atoms with Crippen LogP contribution in [0.5, 0.6) is 11.5 Å². The van der Waals surface area contributed by atoms with Crippen LogP contribution >= 0.6 is 11.6 Å². The van der Waals surface area contributed by atoms with E-state index in [4.69, 9.17) is 21.1 Å². The largest absolute Gasteiger partial charge is 0.454 e. The first-order valence-electron chi connectivity index (χ1n) is 8.56. The number of amides is 1. The van der Waals surface area contributed by atoms with Crippen molar-refractivity contribution in [3.8, 4) is 11.5 Å². The van der Waals surface area contributed by atoms with E-state index < -0.39 is 11.6 Å². The van der Waals surface area contributed by atoms with Crippen molar-refractivity contribution in [1.82, 2.24) is 9.80 Å². The minimum atomic E-state index is -1.08. The third-order valence-electron chi connectivity index (χ3n) is 4.74. The number of rotatable bonds is 3. The van der Waals surface area contributed by atoms with Gasteiger partial charge in [-0.05, 0) is 29.8 Å². The molecule has 0 spiro atoms. The average Bonchev–Trinajstić information content (AvgIpc) is 3.12. The zero-order valence-electron chi connectivity index (χ0n) is 14.4. The Morgan fingerprint density at radius 2 is 1.70 bits per heavy atom. The van der Waals surface area contributed by atoms with Crippen molar-refractivity contribution in [1.29, 1.82) is 0 Å². The maximum Gasteiger partial charge on any atom is 0.255 e. The van der Waals surface area contributed by atoms with E-state index >= 15 is 0 Å². The van der Waals surface area contributed by atoms with Gasteiger partial charge in [0.1, 0.15) is 0 Å². The molecule has 0 radical (unpaired) electrons. The van der Waals surface area contributed by atoms with Crippen molar-refractivity contribution in [2.24, 2.45) is 0 Å². The molecule has 27 heavy (non-hydrogen) atoms. The molecular formula is C19H17ClF2N2O3. The van der Waals surface area contributed by atoms with Crippen LogP contribution in [-0.4, -0.2) is 48.7 Å². The molecule has 2 aliphatic rings. The summed E-state index contributed by atoms with van der Waals surface area (Å²) < 4.78 is 37.4. The Labute approximate surface area is 160 Å². The smallest absolute Gasteiger partial charge is 0.255 e. The van der Waals surface area contributed by atoms with Gasteiger partial charge in [-0.1, -0.05) is 17.7 Å². The molecule has 0 unspecified atom stereocenters. The molecule has 142 valence electrons. The Morgan fingerprint density at radius 3 is 2.48 bits per heavy atom. The first-order valence-corrected chi connectivity index (χ1v) is 8.94. The third kappa shape index (κ3) is 3.70. The summed E-state index contributed by atoms with van der Waals surface area (Å²) >= 11 is 5.91. The van der Waals surface area contributed by atoms with E-state index in [0.717, 1.165) is 35.7 Å². The highest BCUT2D eigenvalue weighted by Crippen LogP contribution is 2.33. The van der Waals surface area contributed by atoms with E-state index in [-0.39, 0.29) is 23.3 Å². The van der Waals surface area contributed by atoms with Crippen molar-refractivity contribution in [3.05, 3.63) is 58.1 Å². The minimum Gasteiger partial charge on any atom is -0.454 e. The molecule has 0 aliphatic carbocycles. The van der Waals surface area contributed by atoms with Gasteiger partial charge in [-0.25, -0.2) is 8.78 Å². The van der Waals surface area contributed by atoms with Gasteiger partial charge in [0.15, 0.2) is 23.1 Å². The summed E-state index contributed by atoms with van der Waals surface area (Å²) in [5, 5.41) is -0.0818. The molecule has 5 nitrogen and oxygen atoms in total. The van der Waals surface area contributed by atoms with Crippen molar-refractivity contribution < 1.29 is 23.0 Å². The van der Waals surface area contributed by atoms with Crippen LogP contribution in [-0.2, 0) is 6.54 Å². The molecule has 2 heterocycles. The maximum absolute atomic E-state index is 13.5. The second-order valence-corrected chi connectivity index (χ2v) is 6.91. The number of halogens is 3. The number of hydrogen-bond donors (Lipinski definition) is 0. The Hall–Kier alpha value is -2.38. The van der Waals surface area contributed by atoms with E-state index in [1.165, 1.54) is 0 Å². The van der Waals surface area contributed by atoms with Crippen LogP contribution in [0.4, 0.5) is 8.78 Å². The summed E-state index contributed by atoms with van der Waals surface area (Å²) in [4.78, 5) is 16.4. The molecule has 0 atom stereocenters. The lowest BCUT2D eigenvalue weighted by Gasteiger charge is -2.35. The van der Waals surface area contributed by atoms with Crippen LogP contribution < -0.4 is 9.47 Å². The zero-order valence-corrected chi connectivity index (χ0v) is 15.1. The molecule has 1 saturated heterocycles. The number of benzene rings is 2. The summed E-state index contributed by atoms with van der Waals surface area (Å²) in [5.74, 6) is -1.04. The topological polar surface area (TPSA) is 42.0 Å². The summed E-state index contributed by atoms with van der Waals surface area (Å²) in [5.41, 5.74) is 1.09. The van der Waals surface area contributed by atoms with Gasteiger partial charge in [-0.3, -0.25) is 9.69 Å². The quantitative estimate of drug-likeness (QED) is 0.749. The summed E-state index contributed by atoms with van der Waals surface area (Å²) in [7, 11) is 0. The highest BCUT2D eigenvalue weighted by molar-refractivity contribution is 6.33. The van der Waals surface area contributed by atoms with E-state index in [9.17, 15) is 13.6 Å². The van der Waals surface area contributed by atoms with Gasteiger partial charge >= 0.3 is 0 Å². The fraction of sp³-hybridized carbons (Fsp3) is 0.316. The lowest BCUT2D eigenvalue weighted by Crippen LogP contribution is -2.48.